The molecule has 0 unspecified atom stereocenters. The number of rotatable bonds is 2. The van der Waals surface area contributed by atoms with Crippen molar-refractivity contribution in [2.24, 2.45) is 22.7 Å². The van der Waals surface area contributed by atoms with Gasteiger partial charge in [0.05, 0.1) is 18.6 Å². The van der Waals surface area contributed by atoms with E-state index in [2.05, 4.69) is 39.5 Å². The highest BCUT2D eigenvalue weighted by Gasteiger charge is 2.55. The topological polar surface area (TPSA) is 33.4 Å². The summed E-state index contributed by atoms with van der Waals surface area (Å²) < 4.78 is 5.15. The lowest BCUT2D eigenvalue weighted by Gasteiger charge is -2.59. The Hall–Kier alpha value is -1.28. The Morgan fingerprint density at radius 3 is 2.77 bits per heavy atom. The van der Waals surface area contributed by atoms with E-state index in [1.165, 1.54) is 18.4 Å². The molecule has 0 spiro atoms. The number of aliphatic hydroxyl groups is 1. The molecule has 120 valence electrons. The van der Waals surface area contributed by atoms with E-state index in [-0.39, 0.29) is 16.9 Å². The number of aliphatic hydroxyl groups excluding tert-OH is 1. The molecule has 0 aliphatic heterocycles. The molecular formula is C20H28O2. The minimum absolute atomic E-state index is 0.0940. The van der Waals surface area contributed by atoms with Crippen LogP contribution in [0.5, 0.6) is 0 Å². The molecule has 2 heteroatoms. The average Bonchev–Trinajstić information content (AvgIpc) is 2.89. The van der Waals surface area contributed by atoms with E-state index in [4.69, 9.17) is 4.42 Å². The van der Waals surface area contributed by atoms with Gasteiger partial charge in [0.1, 0.15) is 0 Å². The molecule has 1 aromatic heterocycles. The highest BCUT2D eigenvalue weighted by Crippen LogP contribution is 2.61. The summed E-state index contributed by atoms with van der Waals surface area (Å²) in [5, 5.41) is 10.7. The fraction of sp³-hybridized carbons (Fsp3) is 0.600. The summed E-state index contributed by atoms with van der Waals surface area (Å²) in [6, 6.07) is 1.97. The summed E-state index contributed by atoms with van der Waals surface area (Å²) in [5.41, 5.74) is 2.55. The molecular weight excluding hydrogens is 272 g/mol. The third-order valence-corrected chi connectivity index (χ3v) is 6.12. The molecule has 4 atom stereocenters. The summed E-state index contributed by atoms with van der Waals surface area (Å²) >= 11 is 0. The SMILES string of the molecule is C=C1C[C@@H](O)[C@H]2C(C)(C)CCC[C@]2(C)[C@H]1/C=C/c1ccoc1. The van der Waals surface area contributed by atoms with Crippen LogP contribution in [0.3, 0.4) is 0 Å². The van der Waals surface area contributed by atoms with E-state index in [1.807, 2.05) is 6.07 Å². The molecule has 0 aromatic carbocycles. The van der Waals surface area contributed by atoms with Gasteiger partial charge in [-0.1, -0.05) is 51.5 Å². The molecule has 1 aromatic rings. The van der Waals surface area contributed by atoms with Gasteiger partial charge in [0.2, 0.25) is 0 Å². The van der Waals surface area contributed by atoms with Crippen molar-refractivity contribution < 1.29 is 9.52 Å². The second kappa shape index (κ2) is 5.42. The summed E-state index contributed by atoms with van der Waals surface area (Å²) in [7, 11) is 0. The van der Waals surface area contributed by atoms with Crippen molar-refractivity contribution in [3.8, 4) is 0 Å². The fourth-order valence-electron chi connectivity index (χ4n) is 5.35. The van der Waals surface area contributed by atoms with Crippen LogP contribution in [0, 0.1) is 22.7 Å². The summed E-state index contributed by atoms with van der Waals surface area (Å²) in [6.45, 7) is 11.3. The monoisotopic (exact) mass is 300 g/mol. The Labute approximate surface area is 133 Å². The van der Waals surface area contributed by atoms with Crippen molar-refractivity contribution >= 4 is 6.08 Å². The highest BCUT2D eigenvalue weighted by atomic mass is 16.3. The van der Waals surface area contributed by atoms with Crippen molar-refractivity contribution in [2.45, 2.75) is 52.6 Å². The van der Waals surface area contributed by atoms with Gasteiger partial charge in [-0.15, -0.1) is 0 Å². The number of allylic oxidation sites excluding steroid dienone is 1. The molecule has 0 amide bonds. The van der Waals surface area contributed by atoms with Crippen LogP contribution in [0.25, 0.3) is 6.08 Å². The van der Waals surface area contributed by atoms with E-state index in [9.17, 15) is 5.11 Å². The summed E-state index contributed by atoms with van der Waals surface area (Å²) in [5.74, 6) is 0.661. The zero-order chi connectivity index (χ0) is 16.0. The van der Waals surface area contributed by atoms with Crippen LogP contribution < -0.4 is 0 Å². The molecule has 22 heavy (non-hydrogen) atoms. The minimum Gasteiger partial charge on any atom is -0.472 e. The second-order valence-electron chi connectivity index (χ2n) is 8.15. The van der Waals surface area contributed by atoms with E-state index >= 15 is 0 Å². The lowest BCUT2D eigenvalue weighted by atomic mass is 9.47. The Balaban J connectivity index is 1.96. The average molecular weight is 300 g/mol. The van der Waals surface area contributed by atoms with E-state index in [0.717, 1.165) is 18.4 Å². The lowest BCUT2D eigenvalue weighted by molar-refractivity contribution is -0.111. The van der Waals surface area contributed by atoms with Crippen LogP contribution in [-0.2, 0) is 0 Å². The zero-order valence-electron chi connectivity index (χ0n) is 14.0. The van der Waals surface area contributed by atoms with Crippen molar-refractivity contribution in [3.63, 3.8) is 0 Å². The quantitative estimate of drug-likeness (QED) is 0.774. The fourth-order valence-corrected chi connectivity index (χ4v) is 5.35. The lowest BCUT2D eigenvalue weighted by Crippen LogP contribution is -2.55. The molecule has 1 heterocycles. The summed E-state index contributed by atoms with van der Waals surface area (Å²) in [4.78, 5) is 0. The van der Waals surface area contributed by atoms with Crippen LogP contribution in [0.1, 0.15) is 52.0 Å². The number of hydrogen-bond acceptors (Lipinski definition) is 2. The van der Waals surface area contributed by atoms with Gasteiger partial charge >= 0.3 is 0 Å². The summed E-state index contributed by atoms with van der Waals surface area (Å²) in [6.07, 6.45) is 12.0. The van der Waals surface area contributed by atoms with E-state index < -0.39 is 0 Å². The molecule has 3 rings (SSSR count). The maximum absolute atomic E-state index is 10.7. The van der Waals surface area contributed by atoms with Crippen LogP contribution in [0.15, 0.2) is 41.2 Å². The first-order valence-corrected chi connectivity index (χ1v) is 8.41. The first kappa shape index (κ1) is 15.6. The molecule has 0 bridgehead atoms. The second-order valence-corrected chi connectivity index (χ2v) is 8.15. The van der Waals surface area contributed by atoms with Gasteiger partial charge in [-0.3, -0.25) is 0 Å². The van der Waals surface area contributed by atoms with E-state index in [1.54, 1.807) is 12.5 Å². The third-order valence-electron chi connectivity index (χ3n) is 6.12. The Bertz CT molecular complexity index is 567. The standard InChI is InChI=1S/C20H28O2/c1-14-12-17(21)18-19(2,3)9-5-10-20(18,4)16(14)7-6-15-8-11-22-13-15/h6-8,11,13,16-18,21H,1,5,9-10,12H2,2-4H3/b7-6+/t16-,17+,18-,20+/m0/s1. The maximum atomic E-state index is 10.7. The number of fused-ring (bicyclic) bond motifs is 1. The molecule has 1 N–H and O–H groups in total. The first-order chi connectivity index (χ1) is 10.3. The predicted molar refractivity (Wildman–Crippen MR) is 90.2 cm³/mol. The van der Waals surface area contributed by atoms with Gasteiger partial charge in [0, 0.05) is 11.5 Å². The predicted octanol–water partition coefficient (Wildman–Crippen LogP) is 5.06. The maximum Gasteiger partial charge on any atom is 0.0974 e. The highest BCUT2D eigenvalue weighted by molar-refractivity contribution is 5.49. The van der Waals surface area contributed by atoms with Crippen molar-refractivity contribution in [3.05, 3.63) is 42.4 Å². The Morgan fingerprint density at radius 1 is 1.32 bits per heavy atom. The minimum atomic E-state index is -0.258. The molecule has 2 saturated carbocycles. The molecule has 2 aliphatic rings. The van der Waals surface area contributed by atoms with Crippen LogP contribution in [-0.4, -0.2) is 11.2 Å². The largest absolute Gasteiger partial charge is 0.472 e. The number of furan rings is 1. The van der Waals surface area contributed by atoms with Gasteiger partial charge in [-0.25, -0.2) is 0 Å². The Morgan fingerprint density at radius 2 is 2.09 bits per heavy atom. The Kier molecular flexibility index (Phi) is 3.84. The zero-order valence-corrected chi connectivity index (χ0v) is 14.0. The molecule has 2 fully saturated rings. The molecule has 2 nitrogen and oxygen atoms in total. The van der Waals surface area contributed by atoms with Crippen LogP contribution in [0.4, 0.5) is 0 Å². The third kappa shape index (κ3) is 2.48. The van der Waals surface area contributed by atoms with Gasteiger partial charge < -0.3 is 9.52 Å². The van der Waals surface area contributed by atoms with Crippen LogP contribution >= 0.6 is 0 Å². The number of hydrogen-bond donors (Lipinski definition) is 1. The molecule has 0 saturated heterocycles. The molecule has 0 radical (unpaired) electrons. The van der Waals surface area contributed by atoms with E-state index in [0.29, 0.717) is 11.8 Å². The smallest absolute Gasteiger partial charge is 0.0974 e. The molecule has 2 aliphatic carbocycles. The van der Waals surface area contributed by atoms with Crippen molar-refractivity contribution in [1.82, 2.24) is 0 Å². The van der Waals surface area contributed by atoms with Gasteiger partial charge in [-0.2, -0.15) is 0 Å². The van der Waals surface area contributed by atoms with Crippen molar-refractivity contribution in [1.29, 1.82) is 0 Å². The van der Waals surface area contributed by atoms with Crippen molar-refractivity contribution in [2.75, 3.05) is 0 Å². The van der Waals surface area contributed by atoms with Crippen LogP contribution in [0.2, 0.25) is 0 Å². The van der Waals surface area contributed by atoms with Gasteiger partial charge in [-0.05, 0) is 42.1 Å². The first-order valence-electron chi connectivity index (χ1n) is 8.41. The van der Waals surface area contributed by atoms with Gasteiger partial charge in [0.25, 0.3) is 0 Å². The normalized spacial score (nSPS) is 38.2. The van der Waals surface area contributed by atoms with Gasteiger partial charge in [0.15, 0.2) is 0 Å².